The molecule has 4 N–H and O–H groups in total. The van der Waals surface area contributed by atoms with Crippen LogP contribution < -0.4 is 11.1 Å². The van der Waals surface area contributed by atoms with Gasteiger partial charge in [0.05, 0.1) is 5.69 Å². The minimum absolute atomic E-state index is 0.140. The van der Waals surface area contributed by atoms with Crippen molar-refractivity contribution >= 4 is 39.0 Å². The Bertz CT molecular complexity index is 530. The van der Waals surface area contributed by atoms with Gasteiger partial charge in [0, 0.05) is 18.0 Å². The number of benzene rings is 1. The van der Waals surface area contributed by atoms with Crippen molar-refractivity contribution in [2.24, 2.45) is 0 Å². The molecule has 94 valence electrons. The molecular weight excluding hydrogens is 268 g/mol. The Morgan fingerprint density at radius 3 is 2.59 bits per heavy atom. The van der Waals surface area contributed by atoms with Gasteiger partial charge in [0.2, 0.25) is 5.91 Å². The molecule has 0 radical (unpaired) electrons. The Labute approximate surface area is 104 Å². The van der Waals surface area contributed by atoms with Crippen molar-refractivity contribution < 1.29 is 17.8 Å². The number of nitrogens with two attached hydrogens (primary N) is 1. The standard InChI is InChI=1S/C9H11ClN2O4S/c10-4-3-9(13)12-6-1-2-8(7(11)5-6)17(14,15)16/h1-2,5H,3-4,11H2,(H,12,13)(H,14,15,16). The predicted octanol–water partition coefficient (Wildman–Crippen LogP) is 1.08. The van der Waals surface area contributed by atoms with E-state index in [-0.39, 0.29) is 23.9 Å². The number of carbonyl (C=O) groups excluding carboxylic acids is 1. The second-order valence-corrected chi connectivity index (χ2v) is 4.98. The van der Waals surface area contributed by atoms with E-state index < -0.39 is 15.0 Å². The highest BCUT2D eigenvalue weighted by Crippen LogP contribution is 2.22. The van der Waals surface area contributed by atoms with Gasteiger partial charge in [-0.05, 0) is 18.2 Å². The van der Waals surface area contributed by atoms with Crippen LogP contribution in [0.15, 0.2) is 23.1 Å². The molecule has 0 aliphatic heterocycles. The number of hydrogen-bond donors (Lipinski definition) is 3. The van der Waals surface area contributed by atoms with E-state index >= 15 is 0 Å². The highest BCUT2D eigenvalue weighted by atomic mass is 35.5. The fourth-order valence-corrected chi connectivity index (χ4v) is 1.94. The van der Waals surface area contributed by atoms with Crippen molar-refractivity contribution in [2.45, 2.75) is 11.3 Å². The lowest BCUT2D eigenvalue weighted by Crippen LogP contribution is -2.12. The van der Waals surface area contributed by atoms with Gasteiger partial charge in [-0.15, -0.1) is 11.6 Å². The van der Waals surface area contributed by atoms with Crippen molar-refractivity contribution in [1.82, 2.24) is 0 Å². The lowest BCUT2D eigenvalue weighted by Gasteiger charge is -2.07. The average molecular weight is 279 g/mol. The van der Waals surface area contributed by atoms with Crippen LogP contribution >= 0.6 is 11.6 Å². The molecule has 1 amide bonds. The molecule has 8 heteroatoms. The number of nitrogen functional groups attached to an aromatic ring is 1. The molecule has 0 unspecified atom stereocenters. The normalized spacial score (nSPS) is 11.2. The van der Waals surface area contributed by atoms with Crippen molar-refractivity contribution in [2.75, 3.05) is 16.9 Å². The summed E-state index contributed by atoms with van der Waals surface area (Å²) in [6.45, 7) is 0. The van der Waals surface area contributed by atoms with Crippen LogP contribution in [0.25, 0.3) is 0 Å². The van der Waals surface area contributed by atoms with E-state index in [0.717, 1.165) is 6.07 Å². The van der Waals surface area contributed by atoms with Gasteiger partial charge < -0.3 is 11.1 Å². The fraction of sp³-hybridized carbons (Fsp3) is 0.222. The summed E-state index contributed by atoms with van der Waals surface area (Å²) in [7, 11) is -4.35. The summed E-state index contributed by atoms with van der Waals surface area (Å²) >= 11 is 5.38. The van der Waals surface area contributed by atoms with Gasteiger partial charge in [-0.3, -0.25) is 9.35 Å². The summed E-state index contributed by atoms with van der Waals surface area (Å²) in [6, 6.07) is 3.68. The SMILES string of the molecule is Nc1cc(NC(=O)CCCl)ccc1S(=O)(=O)O. The van der Waals surface area contributed by atoms with Crippen LogP contribution in [0.4, 0.5) is 11.4 Å². The molecule has 1 rings (SSSR count). The maximum absolute atomic E-state index is 11.2. The van der Waals surface area contributed by atoms with Crippen LogP contribution in [-0.4, -0.2) is 24.8 Å². The van der Waals surface area contributed by atoms with E-state index in [1.807, 2.05) is 0 Å². The third kappa shape index (κ3) is 3.88. The fourth-order valence-electron chi connectivity index (χ4n) is 1.17. The number of carbonyl (C=O) groups is 1. The Hall–Kier alpha value is -1.31. The molecule has 0 aliphatic carbocycles. The van der Waals surface area contributed by atoms with Crippen molar-refractivity contribution in [3.05, 3.63) is 18.2 Å². The molecule has 0 spiro atoms. The molecule has 1 aromatic rings. The van der Waals surface area contributed by atoms with Crippen LogP contribution in [0, 0.1) is 0 Å². The summed E-state index contributed by atoms with van der Waals surface area (Å²) in [5.41, 5.74) is 5.64. The van der Waals surface area contributed by atoms with Crippen LogP contribution in [0.1, 0.15) is 6.42 Å². The van der Waals surface area contributed by atoms with E-state index in [1.54, 1.807) is 0 Å². The zero-order valence-corrected chi connectivity index (χ0v) is 10.3. The third-order valence-electron chi connectivity index (χ3n) is 1.89. The maximum atomic E-state index is 11.2. The van der Waals surface area contributed by atoms with Gasteiger partial charge in [-0.25, -0.2) is 0 Å². The molecular formula is C9H11ClN2O4S. The smallest absolute Gasteiger partial charge is 0.296 e. The second kappa shape index (κ2) is 5.35. The first-order chi connectivity index (χ1) is 7.84. The van der Waals surface area contributed by atoms with Crippen molar-refractivity contribution in [3.8, 4) is 0 Å². The number of alkyl halides is 1. The Kier molecular flexibility index (Phi) is 4.33. The Morgan fingerprint density at radius 2 is 2.12 bits per heavy atom. The molecule has 0 saturated carbocycles. The van der Waals surface area contributed by atoms with E-state index in [4.69, 9.17) is 21.9 Å². The largest absolute Gasteiger partial charge is 0.398 e. The van der Waals surface area contributed by atoms with Gasteiger partial charge >= 0.3 is 0 Å². The van der Waals surface area contributed by atoms with E-state index in [1.165, 1.54) is 12.1 Å². The first-order valence-corrected chi connectivity index (χ1v) is 6.55. The maximum Gasteiger partial charge on any atom is 0.296 e. The summed E-state index contributed by atoms with van der Waals surface area (Å²) in [5.74, 6) is -0.122. The van der Waals surface area contributed by atoms with Crippen molar-refractivity contribution in [1.29, 1.82) is 0 Å². The zero-order chi connectivity index (χ0) is 13.1. The van der Waals surface area contributed by atoms with Gasteiger partial charge in [0.25, 0.3) is 10.1 Å². The third-order valence-corrected chi connectivity index (χ3v) is 3.01. The number of anilines is 2. The van der Waals surface area contributed by atoms with Gasteiger partial charge in [0.1, 0.15) is 4.90 Å². The quantitative estimate of drug-likeness (QED) is 0.434. The highest BCUT2D eigenvalue weighted by molar-refractivity contribution is 7.86. The first-order valence-electron chi connectivity index (χ1n) is 4.57. The molecule has 0 aromatic heterocycles. The molecule has 0 saturated heterocycles. The summed E-state index contributed by atoms with van der Waals surface area (Å²) in [4.78, 5) is 10.8. The molecule has 1 aromatic carbocycles. The average Bonchev–Trinajstić information content (AvgIpc) is 2.15. The number of nitrogens with one attached hydrogen (secondary N) is 1. The lowest BCUT2D eigenvalue weighted by molar-refractivity contribution is -0.115. The lowest BCUT2D eigenvalue weighted by atomic mass is 10.2. The van der Waals surface area contributed by atoms with Crippen LogP contribution in [0.5, 0.6) is 0 Å². The monoisotopic (exact) mass is 278 g/mol. The molecule has 0 atom stereocenters. The summed E-state index contributed by atoms with van der Waals surface area (Å²) in [6.07, 6.45) is 0.140. The van der Waals surface area contributed by atoms with Crippen LogP contribution in [0.3, 0.4) is 0 Å². The minimum Gasteiger partial charge on any atom is -0.398 e. The zero-order valence-electron chi connectivity index (χ0n) is 8.68. The number of halogens is 1. The van der Waals surface area contributed by atoms with Crippen LogP contribution in [-0.2, 0) is 14.9 Å². The highest BCUT2D eigenvalue weighted by Gasteiger charge is 2.14. The molecule has 6 nitrogen and oxygen atoms in total. The van der Waals surface area contributed by atoms with Gasteiger partial charge in [-0.2, -0.15) is 8.42 Å². The Morgan fingerprint density at radius 1 is 1.47 bits per heavy atom. The predicted molar refractivity (Wildman–Crippen MR) is 64.6 cm³/mol. The van der Waals surface area contributed by atoms with Crippen molar-refractivity contribution in [3.63, 3.8) is 0 Å². The van der Waals surface area contributed by atoms with Crippen LogP contribution in [0.2, 0.25) is 0 Å². The number of hydrogen-bond acceptors (Lipinski definition) is 4. The topological polar surface area (TPSA) is 109 Å². The van der Waals surface area contributed by atoms with E-state index in [0.29, 0.717) is 5.69 Å². The summed E-state index contributed by atoms with van der Waals surface area (Å²) < 4.78 is 30.5. The first kappa shape index (κ1) is 13.8. The Balaban J connectivity index is 2.94. The molecule has 0 aliphatic rings. The molecule has 0 bridgehead atoms. The molecule has 0 heterocycles. The summed E-state index contributed by atoms with van der Waals surface area (Å²) in [5, 5.41) is 2.48. The van der Waals surface area contributed by atoms with Gasteiger partial charge in [-0.1, -0.05) is 0 Å². The number of rotatable bonds is 4. The van der Waals surface area contributed by atoms with E-state index in [2.05, 4.69) is 5.32 Å². The molecule has 0 fully saturated rings. The minimum atomic E-state index is -4.35. The van der Waals surface area contributed by atoms with E-state index in [9.17, 15) is 13.2 Å². The van der Waals surface area contributed by atoms with Gasteiger partial charge in [0.15, 0.2) is 0 Å². The number of amides is 1. The second-order valence-electron chi connectivity index (χ2n) is 3.21. The molecule has 17 heavy (non-hydrogen) atoms.